The molecule has 0 bridgehead atoms. The van der Waals surface area contributed by atoms with Crippen molar-refractivity contribution in [3.8, 4) is 22.3 Å². The molecule has 0 radical (unpaired) electrons. The molecule has 3 nitrogen and oxygen atoms in total. The maximum absolute atomic E-state index is 12.0. The lowest BCUT2D eigenvalue weighted by Gasteiger charge is -2.15. The van der Waals surface area contributed by atoms with Gasteiger partial charge in [-0.1, -0.05) is 71.7 Å². The number of esters is 1. The van der Waals surface area contributed by atoms with Crippen molar-refractivity contribution in [2.45, 2.75) is 12.2 Å². The lowest BCUT2D eigenvalue weighted by Crippen LogP contribution is -2.10. The molecule has 0 aromatic heterocycles. The standard InChI is InChI=1S/C22H16Cl2O3/c1-26-22(25)21-20(27-21)19-17(13-6-3-2-4-7-13)8-5-9-18(19)14-10-15(23)12-16(24)11-14/h2-12,20-21H,1H3/t20-,21+/m0/s1. The smallest absolute Gasteiger partial charge is 0.338 e. The average molecular weight is 399 g/mol. The van der Waals surface area contributed by atoms with Gasteiger partial charge in [0.25, 0.3) is 0 Å². The second kappa shape index (κ2) is 7.35. The molecule has 0 saturated carbocycles. The van der Waals surface area contributed by atoms with Crippen LogP contribution >= 0.6 is 23.2 Å². The van der Waals surface area contributed by atoms with Crippen LogP contribution in [0.4, 0.5) is 0 Å². The molecule has 5 heteroatoms. The Morgan fingerprint density at radius 2 is 1.52 bits per heavy atom. The molecule has 3 aromatic rings. The molecule has 4 rings (SSSR count). The molecule has 2 atom stereocenters. The monoisotopic (exact) mass is 398 g/mol. The van der Waals surface area contributed by atoms with Crippen LogP contribution in [0.25, 0.3) is 22.3 Å². The minimum atomic E-state index is -0.603. The van der Waals surface area contributed by atoms with Gasteiger partial charge < -0.3 is 9.47 Å². The van der Waals surface area contributed by atoms with Gasteiger partial charge in [-0.2, -0.15) is 0 Å². The minimum absolute atomic E-state index is 0.374. The van der Waals surface area contributed by atoms with Crippen LogP contribution in [0.5, 0.6) is 0 Å². The fourth-order valence-corrected chi connectivity index (χ4v) is 3.86. The number of benzene rings is 3. The first-order valence-corrected chi connectivity index (χ1v) is 9.22. The normalized spacial score (nSPS) is 18.2. The van der Waals surface area contributed by atoms with Crippen molar-refractivity contribution in [1.82, 2.24) is 0 Å². The van der Waals surface area contributed by atoms with Crippen molar-refractivity contribution in [3.63, 3.8) is 0 Å². The highest BCUT2D eigenvalue weighted by atomic mass is 35.5. The number of rotatable bonds is 4. The van der Waals surface area contributed by atoms with Gasteiger partial charge >= 0.3 is 5.97 Å². The molecule has 0 unspecified atom stereocenters. The Kier molecular flexibility index (Phi) is 4.92. The number of carbonyl (C=O) groups is 1. The Labute approximate surface area is 167 Å². The number of hydrogen-bond donors (Lipinski definition) is 0. The molecule has 3 aromatic carbocycles. The zero-order valence-corrected chi connectivity index (χ0v) is 16.0. The third-order valence-corrected chi connectivity index (χ3v) is 5.01. The summed E-state index contributed by atoms with van der Waals surface area (Å²) < 4.78 is 10.5. The van der Waals surface area contributed by atoms with Crippen LogP contribution < -0.4 is 0 Å². The molecule has 1 saturated heterocycles. The van der Waals surface area contributed by atoms with Crippen molar-refractivity contribution in [1.29, 1.82) is 0 Å². The Bertz CT molecular complexity index is 981. The molecule has 1 aliphatic heterocycles. The highest BCUT2D eigenvalue weighted by Crippen LogP contribution is 2.48. The van der Waals surface area contributed by atoms with Crippen LogP contribution in [0.2, 0.25) is 10.0 Å². The van der Waals surface area contributed by atoms with Crippen LogP contribution in [0.15, 0.2) is 66.7 Å². The topological polar surface area (TPSA) is 38.8 Å². The van der Waals surface area contributed by atoms with Gasteiger partial charge in [0.15, 0.2) is 6.10 Å². The Morgan fingerprint density at radius 3 is 2.15 bits per heavy atom. The van der Waals surface area contributed by atoms with Gasteiger partial charge in [-0.05, 0) is 46.0 Å². The van der Waals surface area contributed by atoms with Crippen LogP contribution in [0.3, 0.4) is 0 Å². The van der Waals surface area contributed by atoms with Crippen molar-refractivity contribution in [3.05, 3.63) is 82.3 Å². The molecule has 0 amide bonds. The summed E-state index contributed by atoms with van der Waals surface area (Å²) in [5, 5.41) is 1.10. The maximum atomic E-state index is 12.0. The van der Waals surface area contributed by atoms with E-state index in [1.54, 1.807) is 6.07 Å². The third-order valence-electron chi connectivity index (χ3n) is 4.57. The molecule has 0 aliphatic carbocycles. The summed E-state index contributed by atoms with van der Waals surface area (Å²) in [6.45, 7) is 0. The summed E-state index contributed by atoms with van der Waals surface area (Å²) in [5.41, 5.74) is 4.77. The number of hydrogen-bond acceptors (Lipinski definition) is 3. The highest BCUT2D eigenvalue weighted by molar-refractivity contribution is 6.35. The van der Waals surface area contributed by atoms with E-state index in [9.17, 15) is 4.79 Å². The Hall–Kier alpha value is -2.33. The molecule has 0 N–H and O–H groups in total. The molecule has 1 aliphatic rings. The fourth-order valence-electron chi connectivity index (χ4n) is 3.33. The van der Waals surface area contributed by atoms with E-state index < -0.39 is 6.10 Å². The van der Waals surface area contributed by atoms with E-state index in [4.69, 9.17) is 32.7 Å². The van der Waals surface area contributed by atoms with Gasteiger partial charge in [0.2, 0.25) is 0 Å². The second-order valence-electron chi connectivity index (χ2n) is 6.29. The van der Waals surface area contributed by atoms with E-state index in [1.807, 2.05) is 60.7 Å². The van der Waals surface area contributed by atoms with Crippen LogP contribution in [-0.4, -0.2) is 19.2 Å². The number of methoxy groups -OCH3 is 1. The second-order valence-corrected chi connectivity index (χ2v) is 7.16. The third kappa shape index (κ3) is 3.59. The molecule has 1 fully saturated rings. The maximum Gasteiger partial charge on any atom is 0.338 e. The first-order valence-electron chi connectivity index (χ1n) is 8.46. The van der Waals surface area contributed by atoms with Gasteiger partial charge in [0.1, 0.15) is 6.10 Å². The van der Waals surface area contributed by atoms with Gasteiger partial charge in [-0.15, -0.1) is 0 Å². The quantitative estimate of drug-likeness (QED) is 0.403. The number of epoxide rings is 1. The summed E-state index contributed by atoms with van der Waals surface area (Å²) in [7, 11) is 1.36. The molecule has 1 heterocycles. The Morgan fingerprint density at radius 1 is 0.889 bits per heavy atom. The predicted octanol–water partition coefficient (Wildman–Crippen LogP) is 5.94. The van der Waals surface area contributed by atoms with Crippen LogP contribution in [0, 0.1) is 0 Å². The Balaban J connectivity index is 1.90. The van der Waals surface area contributed by atoms with Gasteiger partial charge in [-0.3, -0.25) is 0 Å². The van der Waals surface area contributed by atoms with Gasteiger partial charge in [0, 0.05) is 10.0 Å². The van der Waals surface area contributed by atoms with Crippen molar-refractivity contribution >= 4 is 29.2 Å². The number of carbonyl (C=O) groups excluding carboxylic acids is 1. The van der Waals surface area contributed by atoms with Crippen molar-refractivity contribution in [2.75, 3.05) is 7.11 Å². The summed E-state index contributed by atoms with van der Waals surface area (Å²) in [6.07, 6.45) is -0.977. The summed E-state index contributed by atoms with van der Waals surface area (Å²) in [6, 6.07) is 21.4. The van der Waals surface area contributed by atoms with E-state index in [1.165, 1.54) is 7.11 Å². The molecule has 136 valence electrons. The highest BCUT2D eigenvalue weighted by Gasteiger charge is 2.49. The average Bonchev–Trinajstić information content (AvgIpc) is 3.47. The zero-order valence-electron chi connectivity index (χ0n) is 14.5. The lowest BCUT2D eigenvalue weighted by molar-refractivity contribution is -0.142. The van der Waals surface area contributed by atoms with Gasteiger partial charge in [0.05, 0.1) is 7.11 Å². The largest absolute Gasteiger partial charge is 0.467 e. The van der Waals surface area contributed by atoms with Crippen molar-refractivity contribution < 1.29 is 14.3 Å². The molecular weight excluding hydrogens is 383 g/mol. The van der Waals surface area contributed by atoms with E-state index in [0.717, 1.165) is 27.8 Å². The summed E-state index contributed by atoms with van der Waals surface area (Å²) >= 11 is 12.4. The van der Waals surface area contributed by atoms with Crippen LogP contribution in [-0.2, 0) is 14.3 Å². The summed E-state index contributed by atoms with van der Waals surface area (Å²) in [5.74, 6) is -0.377. The first kappa shape index (κ1) is 18.1. The van der Waals surface area contributed by atoms with E-state index in [-0.39, 0.29) is 12.1 Å². The molecular formula is C22H16Cl2O3. The van der Waals surface area contributed by atoms with E-state index in [2.05, 4.69) is 0 Å². The zero-order chi connectivity index (χ0) is 19.0. The minimum Gasteiger partial charge on any atom is -0.467 e. The SMILES string of the molecule is COC(=O)[C@@H]1O[C@H]1c1c(-c2ccccc2)cccc1-c1cc(Cl)cc(Cl)c1. The van der Waals surface area contributed by atoms with E-state index in [0.29, 0.717) is 10.0 Å². The molecule has 0 spiro atoms. The number of halogens is 2. The molecule has 27 heavy (non-hydrogen) atoms. The fraction of sp³-hybridized carbons (Fsp3) is 0.136. The van der Waals surface area contributed by atoms with Crippen molar-refractivity contribution in [2.24, 2.45) is 0 Å². The van der Waals surface area contributed by atoms with E-state index >= 15 is 0 Å². The summed E-state index contributed by atoms with van der Waals surface area (Å²) in [4.78, 5) is 12.0. The number of ether oxygens (including phenoxy) is 2. The predicted molar refractivity (Wildman–Crippen MR) is 107 cm³/mol. The van der Waals surface area contributed by atoms with Crippen LogP contribution in [0.1, 0.15) is 11.7 Å². The van der Waals surface area contributed by atoms with Gasteiger partial charge in [-0.25, -0.2) is 4.79 Å². The first-order chi connectivity index (χ1) is 13.1. The lowest BCUT2D eigenvalue weighted by atomic mass is 9.89.